The van der Waals surface area contributed by atoms with Crippen LogP contribution in [0.25, 0.3) is 0 Å². The molecule has 0 aliphatic rings. The first-order valence-corrected chi connectivity index (χ1v) is 7.38. The van der Waals surface area contributed by atoms with Gasteiger partial charge in [0.15, 0.2) is 0 Å². The van der Waals surface area contributed by atoms with Crippen molar-refractivity contribution < 1.29 is 4.79 Å². The molecular weight excluding hydrogens is 314 g/mol. The van der Waals surface area contributed by atoms with E-state index in [0.29, 0.717) is 27.9 Å². The first kappa shape index (κ1) is 15.5. The number of carbonyl (C=O) groups is 1. The van der Waals surface area contributed by atoms with E-state index < -0.39 is 0 Å². The molecule has 0 spiro atoms. The maximum atomic E-state index is 12.0. The van der Waals surface area contributed by atoms with Gasteiger partial charge in [0, 0.05) is 22.0 Å². The molecule has 0 aliphatic heterocycles. The van der Waals surface area contributed by atoms with Gasteiger partial charge >= 0.3 is 0 Å². The summed E-state index contributed by atoms with van der Waals surface area (Å²) in [6.07, 6.45) is 1.04. The highest BCUT2D eigenvalue weighted by atomic mass is 79.9. The van der Waals surface area contributed by atoms with Crippen molar-refractivity contribution in [2.75, 3.05) is 6.54 Å². The number of hydrogen-bond donors (Lipinski definition) is 1. The molecule has 1 aromatic carbocycles. The van der Waals surface area contributed by atoms with Crippen LogP contribution in [0.15, 0.2) is 18.2 Å². The van der Waals surface area contributed by atoms with Crippen LogP contribution in [0, 0.1) is 12.8 Å². The zero-order chi connectivity index (χ0) is 13.7. The molecule has 0 saturated carbocycles. The zero-order valence-electron chi connectivity index (χ0n) is 11.0. The van der Waals surface area contributed by atoms with Crippen molar-refractivity contribution in [1.29, 1.82) is 0 Å². The Morgan fingerprint density at radius 3 is 2.72 bits per heavy atom. The van der Waals surface area contributed by atoms with Gasteiger partial charge in [0.25, 0.3) is 5.91 Å². The molecule has 0 radical (unpaired) electrons. The smallest absolute Gasteiger partial charge is 0.251 e. The average molecular weight is 333 g/mol. The molecule has 0 aromatic heterocycles. The Hall–Kier alpha value is -0.540. The molecule has 4 heteroatoms. The van der Waals surface area contributed by atoms with E-state index in [1.807, 2.05) is 6.92 Å². The molecule has 2 nitrogen and oxygen atoms in total. The van der Waals surface area contributed by atoms with Crippen LogP contribution in [-0.2, 0) is 0 Å². The number of alkyl halides is 1. The average Bonchev–Trinajstić information content (AvgIpc) is 2.29. The lowest BCUT2D eigenvalue weighted by Crippen LogP contribution is -2.30. The van der Waals surface area contributed by atoms with Crippen LogP contribution in [0.4, 0.5) is 0 Å². The van der Waals surface area contributed by atoms with Crippen molar-refractivity contribution in [2.45, 2.75) is 32.0 Å². The van der Waals surface area contributed by atoms with Crippen molar-refractivity contribution >= 4 is 33.4 Å². The number of amides is 1. The van der Waals surface area contributed by atoms with Crippen molar-refractivity contribution in [3.8, 4) is 0 Å². The van der Waals surface area contributed by atoms with Gasteiger partial charge in [-0.25, -0.2) is 0 Å². The Kier molecular flexibility index (Phi) is 6.16. The molecule has 0 fully saturated rings. The normalized spacial score (nSPS) is 12.6. The summed E-state index contributed by atoms with van der Waals surface area (Å²) >= 11 is 9.57. The number of rotatable bonds is 5. The van der Waals surface area contributed by atoms with Crippen LogP contribution >= 0.6 is 27.5 Å². The molecule has 0 bridgehead atoms. The topological polar surface area (TPSA) is 29.1 Å². The van der Waals surface area contributed by atoms with Crippen molar-refractivity contribution in [2.24, 2.45) is 5.92 Å². The van der Waals surface area contributed by atoms with Crippen LogP contribution in [0.2, 0.25) is 5.02 Å². The molecule has 1 unspecified atom stereocenters. The second kappa shape index (κ2) is 7.15. The van der Waals surface area contributed by atoms with Crippen molar-refractivity contribution in [3.63, 3.8) is 0 Å². The van der Waals surface area contributed by atoms with E-state index in [1.54, 1.807) is 18.2 Å². The first-order chi connectivity index (χ1) is 8.41. The van der Waals surface area contributed by atoms with Gasteiger partial charge in [0.1, 0.15) is 0 Å². The Balaban J connectivity index is 2.58. The van der Waals surface area contributed by atoms with Gasteiger partial charge in [-0.1, -0.05) is 47.4 Å². The van der Waals surface area contributed by atoms with Crippen molar-refractivity contribution in [1.82, 2.24) is 5.32 Å². The lowest BCUT2D eigenvalue weighted by molar-refractivity contribution is 0.0952. The van der Waals surface area contributed by atoms with Gasteiger partial charge < -0.3 is 5.32 Å². The quantitative estimate of drug-likeness (QED) is 0.805. The maximum Gasteiger partial charge on any atom is 0.251 e. The summed E-state index contributed by atoms with van der Waals surface area (Å²) < 4.78 is 0. The van der Waals surface area contributed by atoms with Gasteiger partial charge in [-0.15, -0.1) is 0 Å². The summed E-state index contributed by atoms with van der Waals surface area (Å²) in [6.45, 7) is 6.81. The standard InChI is InChI=1S/C14H19BrClNO/c1-9(2)7-11(15)8-17-14(18)12-5-4-6-13(16)10(12)3/h4-6,9,11H,7-8H2,1-3H3,(H,17,18). The van der Waals surface area contributed by atoms with Gasteiger partial charge in [-0.3, -0.25) is 4.79 Å². The monoisotopic (exact) mass is 331 g/mol. The van der Waals surface area contributed by atoms with E-state index in [4.69, 9.17) is 11.6 Å². The summed E-state index contributed by atoms with van der Waals surface area (Å²) in [5.74, 6) is 0.544. The fourth-order valence-electron chi connectivity index (χ4n) is 1.75. The first-order valence-electron chi connectivity index (χ1n) is 6.09. The van der Waals surface area contributed by atoms with Crippen LogP contribution in [0.1, 0.15) is 36.2 Å². The lowest BCUT2D eigenvalue weighted by atomic mass is 10.1. The third-order valence-corrected chi connectivity index (χ3v) is 3.83. The van der Waals surface area contributed by atoms with E-state index >= 15 is 0 Å². The molecule has 0 saturated heterocycles. The highest BCUT2D eigenvalue weighted by molar-refractivity contribution is 9.09. The Morgan fingerprint density at radius 2 is 2.11 bits per heavy atom. The lowest BCUT2D eigenvalue weighted by Gasteiger charge is -2.14. The molecule has 1 amide bonds. The minimum absolute atomic E-state index is 0.0665. The fraction of sp³-hybridized carbons (Fsp3) is 0.500. The predicted molar refractivity (Wildman–Crippen MR) is 80.7 cm³/mol. The number of halogens is 2. The number of hydrogen-bond acceptors (Lipinski definition) is 1. The summed E-state index contributed by atoms with van der Waals surface area (Å²) in [7, 11) is 0. The van der Waals surface area contributed by atoms with Crippen LogP contribution in [-0.4, -0.2) is 17.3 Å². The second-order valence-electron chi connectivity index (χ2n) is 4.85. The molecule has 1 aromatic rings. The molecule has 0 aliphatic carbocycles. The van der Waals surface area contributed by atoms with E-state index in [-0.39, 0.29) is 5.91 Å². The van der Waals surface area contributed by atoms with Gasteiger partial charge in [-0.05, 0) is 37.0 Å². The Morgan fingerprint density at radius 1 is 1.44 bits per heavy atom. The van der Waals surface area contributed by atoms with Crippen LogP contribution in [0.5, 0.6) is 0 Å². The minimum Gasteiger partial charge on any atom is -0.351 e. The molecular formula is C14H19BrClNO. The SMILES string of the molecule is Cc1c(Cl)cccc1C(=O)NCC(Br)CC(C)C. The van der Waals surface area contributed by atoms with E-state index in [9.17, 15) is 4.79 Å². The number of nitrogens with one attached hydrogen (secondary N) is 1. The third-order valence-electron chi connectivity index (χ3n) is 2.72. The molecule has 18 heavy (non-hydrogen) atoms. The van der Waals surface area contributed by atoms with Crippen LogP contribution < -0.4 is 5.32 Å². The maximum absolute atomic E-state index is 12.0. The minimum atomic E-state index is -0.0665. The van der Waals surface area contributed by atoms with Gasteiger partial charge in [0.05, 0.1) is 0 Å². The Bertz CT molecular complexity index is 420. The van der Waals surface area contributed by atoms with E-state index in [2.05, 4.69) is 35.1 Å². The van der Waals surface area contributed by atoms with E-state index in [0.717, 1.165) is 12.0 Å². The van der Waals surface area contributed by atoms with Gasteiger partial charge in [-0.2, -0.15) is 0 Å². The predicted octanol–water partition coefficient (Wildman–Crippen LogP) is 4.19. The zero-order valence-corrected chi connectivity index (χ0v) is 13.3. The summed E-state index contributed by atoms with van der Waals surface area (Å²) in [6, 6.07) is 5.38. The summed E-state index contributed by atoms with van der Waals surface area (Å²) in [5, 5.41) is 3.55. The molecule has 0 heterocycles. The molecule has 100 valence electrons. The second-order valence-corrected chi connectivity index (χ2v) is 6.55. The largest absolute Gasteiger partial charge is 0.351 e. The van der Waals surface area contributed by atoms with Crippen LogP contribution in [0.3, 0.4) is 0 Å². The molecule has 1 atom stereocenters. The third kappa shape index (κ3) is 4.62. The highest BCUT2D eigenvalue weighted by Crippen LogP contribution is 2.19. The Labute approximate surface area is 122 Å². The number of carbonyl (C=O) groups excluding carboxylic acids is 1. The summed E-state index contributed by atoms with van der Waals surface area (Å²) in [5.41, 5.74) is 1.47. The number of benzene rings is 1. The van der Waals surface area contributed by atoms with Gasteiger partial charge in [0.2, 0.25) is 0 Å². The van der Waals surface area contributed by atoms with Crippen molar-refractivity contribution in [3.05, 3.63) is 34.3 Å². The fourth-order valence-corrected chi connectivity index (χ4v) is 2.83. The molecule has 1 rings (SSSR count). The highest BCUT2D eigenvalue weighted by Gasteiger charge is 2.13. The van der Waals surface area contributed by atoms with E-state index in [1.165, 1.54) is 0 Å². The summed E-state index contributed by atoms with van der Waals surface area (Å²) in [4.78, 5) is 12.3. The molecule has 1 N–H and O–H groups in total.